The summed E-state index contributed by atoms with van der Waals surface area (Å²) in [4.78, 5) is 32.0. The molecule has 0 radical (unpaired) electrons. The summed E-state index contributed by atoms with van der Waals surface area (Å²) in [6, 6.07) is 9.79. The number of nitrogens with zero attached hydrogens (tertiary/aromatic N) is 4. The van der Waals surface area contributed by atoms with E-state index in [2.05, 4.69) is 4.98 Å². The normalized spacial score (nSPS) is 18.0. The van der Waals surface area contributed by atoms with Crippen molar-refractivity contribution in [2.24, 2.45) is 0 Å². The highest BCUT2D eigenvalue weighted by molar-refractivity contribution is 5.77. The molecule has 23 heavy (non-hydrogen) atoms. The Morgan fingerprint density at radius 3 is 2.65 bits per heavy atom. The summed E-state index contributed by atoms with van der Waals surface area (Å²) < 4.78 is 1.76. The van der Waals surface area contributed by atoms with Crippen LogP contribution < -0.4 is 0 Å². The van der Waals surface area contributed by atoms with E-state index < -0.39 is 0 Å². The van der Waals surface area contributed by atoms with Gasteiger partial charge in [-0.2, -0.15) is 0 Å². The van der Waals surface area contributed by atoms with Crippen LogP contribution in [-0.2, 0) is 16.1 Å². The van der Waals surface area contributed by atoms with Gasteiger partial charge in [-0.15, -0.1) is 0 Å². The van der Waals surface area contributed by atoms with Gasteiger partial charge < -0.3 is 14.4 Å². The third kappa shape index (κ3) is 3.41. The minimum atomic E-state index is -0.0887. The van der Waals surface area contributed by atoms with Crippen molar-refractivity contribution in [3.05, 3.63) is 54.6 Å². The topological polar surface area (TPSA) is 58.4 Å². The minimum absolute atomic E-state index is 0.0422. The van der Waals surface area contributed by atoms with Crippen LogP contribution in [0.5, 0.6) is 0 Å². The van der Waals surface area contributed by atoms with Gasteiger partial charge in [0.15, 0.2) is 0 Å². The molecule has 1 atom stereocenters. The third-order valence-corrected chi connectivity index (χ3v) is 4.20. The van der Waals surface area contributed by atoms with Crippen molar-refractivity contribution in [2.45, 2.75) is 19.5 Å². The molecule has 6 nitrogen and oxygen atoms in total. The van der Waals surface area contributed by atoms with Crippen molar-refractivity contribution < 1.29 is 9.59 Å². The molecule has 0 saturated carbocycles. The van der Waals surface area contributed by atoms with E-state index in [1.54, 1.807) is 30.2 Å². The summed E-state index contributed by atoms with van der Waals surface area (Å²) >= 11 is 0. The molecule has 2 heterocycles. The highest BCUT2D eigenvalue weighted by atomic mass is 16.2. The second-order valence-corrected chi connectivity index (χ2v) is 5.71. The molecule has 6 heteroatoms. The van der Waals surface area contributed by atoms with E-state index in [-0.39, 0.29) is 24.4 Å². The van der Waals surface area contributed by atoms with Gasteiger partial charge in [-0.25, -0.2) is 4.98 Å². The van der Waals surface area contributed by atoms with Crippen LogP contribution in [0.4, 0.5) is 0 Å². The Morgan fingerprint density at radius 1 is 1.22 bits per heavy atom. The Morgan fingerprint density at radius 2 is 2.00 bits per heavy atom. The van der Waals surface area contributed by atoms with E-state index in [1.165, 1.54) is 0 Å². The average Bonchev–Trinajstić information content (AvgIpc) is 3.08. The smallest absolute Gasteiger partial charge is 0.242 e. The van der Waals surface area contributed by atoms with Gasteiger partial charge in [-0.3, -0.25) is 9.59 Å². The zero-order valence-electron chi connectivity index (χ0n) is 13.1. The quantitative estimate of drug-likeness (QED) is 0.859. The van der Waals surface area contributed by atoms with E-state index in [0.717, 1.165) is 5.56 Å². The fraction of sp³-hybridized carbons (Fsp3) is 0.353. The highest BCUT2D eigenvalue weighted by Gasteiger charge is 2.31. The Hall–Kier alpha value is -2.63. The van der Waals surface area contributed by atoms with Gasteiger partial charge in [-0.1, -0.05) is 30.3 Å². The Kier molecular flexibility index (Phi) is 4.41. The molecule has 0 aliphatic carbocycles. The number of hydrogen-bond donors (Lipinski definition) is 0. The third-order valence-electron chi connectivity index (χ3n) is 4.20. The fourth-order valence-corrected chi connectivity index (χ4v) is 2.98. The monoisotopic (exact) mass is 312 g/mol. The number of imidazole rings is 1. The van der Waals surface area contributed by atoms with Gasteiger partial charge in [0.05, 0.1) is 12.4 Å². The second kappa shape index (κ2) is 6.64. The molecule has 0 unspecified atom stereocenters. The first kappa shape index (κ1) is 15.3. The largest absolute Gasteiger partial charge is 0.337 e. The second-order valence-electron chi connectivity index (χ2n) is 5.71. The number of aromatic nitrogens is 2. The number of piperazine rings is 1. The summed E-state index contributed by atoms with van der Waals surface area (Å²) in [6.45, 7) is 3.51. The van der Waals surface area contributed by atoms with Crippen LogP contribution in [0.2, 0.25) is 0 Å². The fourth-order valence-electron chi connectivity index (χ4n) is 2.98. The van der Waals surface area contributed by atoms with Crippen LogP contribution in [0.3, 0.4) is 0 Å². The van der Waals surface area contributed by atoms with Gasteiger partial charge in [0, 0.05) is 39.0 Å². The maximum Gasteiger partial charge on any atom is 0.242 e. The predicted octanol–water partition coefficient (Wildman–Crippen LogP) is 1.32. The molecule has 3 rings (SSSR count). The van der Waals surface area contributed by atoms with Crippen LogP contribution in [0.1, 0.15) is 18.5 Å². The number of hydrogen-bond acceptors (Lipinski definition) is 3. The molecular formula is C17H20N4O2. The number of rotatable bonds is 3. The van der Waals surface area contributed by atoms with Gasteiger partial charge in [0.1, 0.15) is 6.54 Å². The van der Waals surface area contributed by atoms with Crippen molar-refractivity contribution >= 4 is 11.8 Å². The summed E-state index contributed by atoms with van der Waals surface area (Å²) in [5, 5.41) is 0. The minimum Gasteiger partial charge on any atom is -0.337 e. The van der Waals surface area contributed by atoms with E-state index >= 15 is 0 Å². The van der Waals surface area contributed by atoms with Gasteiger partial charge >= 0.3 is 0 Å². The molecule has 0 spiro atoms. The molecule has 1 aromatic carbocycles. The zero-order chi connectivity index (χ0) is 16.2. The number of amides is 2. The molecule has 2 aromatic rings. The lowest BCUT2D eigenvalue weighted by atomic mass is 10.0. The molecule has 1 fully saturated rings. The first-order valence-electron chi connectivity index (χ1n) is 7.71. The van der Waals surface area contributed by atoms with Crippen LogP contribution in [0.15, 0.2) is 49.1 Å². The summed E-state index contributed by atoms with van der Waals surface area (Å²) in [6.07, 6.45) is 5.07. The Bertz CT molecular complexity index is 669. The van der Waals surface area contributed by atoms with Crippen molar-refractivity contribution in [3.63, 3.8) is 0 Å². The predicted molar refractivity (Wildman–Crippen MR) is 85.4 cm³/mol. The molecule has 1 aromatic heterocycles. The van der Waals surface area contributed by atoms with Crippen molar-refractivity contribution in [1.82, 2.24) is 19.4 Å². The molecule has 120 valence electrons. The summed E-state index contributed by atoms with van der Waals surface area (Å²) in [7, 11) is 0. The molecule has 2 amide bonds. The van der Waals surface area contributed by atoms with E-state index in [1.807, 2.05) is 40.1 Å². The maximum atomic E-state index is 12.5. The Balaban J connectivity index is 1.75. The molecule has 1 saturated heterocycles. The standard InChI is InChI=1S/C17H20N4O2/c1-14(22)21-10-9-20(17(23)12-19-8-7-18-13-19)11-16(21)15-5-3-2-4-6-15/h2-8,13,16H,9-12H2,1H3/t16-/m0/s1. The van der Waals surface area contributed by atoms with Crippen molar-refractivity contribution in [2.75, 3.05) is 19.6 Å². The summed E-state index contributed by atoms with van der Waals surface area (Å²) in [5.74, 6) is 0.0905. The van der Waals surface area contributed by atoms with E-state index in [9.17, 15) is 9.59 Å². The van der Waals surface area contributed by atoms with Gasteiger partial charge in [0.2, 0.25) is 11.8 Å². The SMILES string of the molecule is CC(=O)N1CCN(C(=O)Cn2ccnc2)C[C@H]1c1ccccc1. The molecule has 1 aliphatic rings. The Labute approximate surface area is 135 Å². The zero-order valence-corrected chi connectivity index (χ0v) is 13.1. The molecular weight excluding hydrogens is 292 g/mol. The van der Waals surface area contributed by atoms with E-state index in [0.29, 0.717) is 19.6 Å². The van der Waals surface area contributed by atoms with Crippen molar-refractivity contribution in [1.29, 1.82) is 0 Å². The lowest BCUT2D eigenvalue weighted by Crippen LogP contribution is -2.52. The summed E-state index contributed by atoms with van der Waals surface area (Å²) in [5.41, 5.74) is 1.06. The number of benzene rings is 1. The number of carbonyl (C=O) groups is 2. The average molecular weight is 312 g/mol. The lowest BCUT2D eigenvalue weighted by Gasteiger charge is -2.41. The lowest BCUT2D eigenvalue weighted by molar-refractivity contribution is -0.142. The molecule has 1 aliphatic heterocycles. The number of carbonyl (C=O) groups excluding carboxylic acids is 2. The first-order chi connectivity index (χ1) is 11.1. The van der Waals surface area contributed by atoms with Gasteiger partial charge in [-0.05, 0) is 5.56 Å². The first-order valence-corrected chi connectivity index (χ1v) is 7.71. The van der Waals surface area contributed by atoms with E-state index in [4.69, 9.17) is 0 Å². The van der Waals surface area contributed by atoms with Crippen LogP contribution >= 0.6 is 0 Å². The maximum absolute atomic E-state index is 12.5. The van der Waals surface area contributed by atoms with Gasteiger partial charge in [0.25, 0.3) is 0 Å². The van der Waals surface area contributed by atoms with Crippen LogP contribution in [-0.4, -0.2) is 50.8 Å². The molecule has 0 bridgehead atoms. The van der Waals surface area contributed by atoms with Crippen molar-refractivity contribution in [3.8, 4) is 0 Å². The highest BCUT2D eigenvalue weighted by Crippen LogP contribution is 2.25. The van der Waals surface area contributed by atoms with Crippen LogP contribution in [0, 0.1) is 0 Å². The van der Waals surface area contributed by atoms with Crippen LogP contribution in [0.25, 0.3) is 0 Å². The molecule has 0 N–H and O–H groups in total.